The van der Waals surface area contributed by atoms with E-state index >= 15 is 0 Å². The smallest absolute Gasteiger partial charge is 0.227 e. The van der Waals surface area contributed by atoms with Crippen molar-refractivity contribution >= 4 is 17.9 Å². The zero-order valence-corrected chi connectivity index (χ0v) is 12.0. The standard InChI is InChI=1S/C17H14N4O/c1-12-4-5-14(11-22)16(9-12)21-17-19-8-6-15(20-17)13-3-2-7-18-10-13/h2-11H,1H3,(H,19,20,21). The first kappa shape index (κ1) is 13.9. The Balaban J connectivity index is 1.94. The number of rotatable bonds is 4. The Labute approximate surface area is 128 Å². The fraction of sp³-hybridized carbons (Fsp3) is 0.0588. The maximum atomic E-state index is 11.1. The van der Waals surface area contributed by atoms with Gasteiger partial charge in [-0.15, -0.1) is 0 Å². The molecule has 0 unspecified atom stereocenters. The highest BCUT2D eigenvalue weighted by atomic mass is 16.1. The molecular weight excluding hydrogens is 276 g/mol. The van der Waals surface area contributed by atoms with Crippen molar-refractivity contribution in [2.75, 3.05) is 5.32 Å². The number of carbonyl (C=O) groups excluding carboxylic acids is 1. The largest absolute Gasteiger partial charge is 0.323 e. The van der Waals surface area contributed by atoms with Crippen molar-refractivity contribution in [3.8, 4) is 11.3 Å². The van der Waals surface area contributed by atoms with Crippen LogP contribution in [0.5, 0.6) is 0 Å². The van der Waals surface area contributed by atoms with Crippen molar-refractivity contribution in [2.45, 2.75) is 6.92 Å². The van der Waals surface area contributed by atoms with Crippen molar-refractivity contribution in [1.82, 2.24) is 15.0 Å². The van der Waals surface area contributed by atoms with Crippen molar-refractivity contribution in [2.24, 2.45) is 0 Å². The second-order valence-corrected chi connectivity index (χ2v) is 4.84. The Morgan fingerprint density at radius 2 is 2.05 bits per heavy atom. The molecule has 1 N–H and O–H groups in total. The number of aryl methyl sites for hydroxylation is 1. The van der Waals surface area contributed by atoms with E-state index in [9.17, 15) is 4.79 Å². The lowest BCUT2D eigenvalue weighted by Crippen LogP contribution is -2.01. The molecule has 0 radical (unpaired) electrons. The summed E-state index contributed by atoms with van der Waals surface area (Å²) < 4.78 is 0. The van der Waals surface area contributed by atoms with Crippen LogP contribution in [0.2, 0.25) is 0 Å². The molecule has 0 spiro atoms. The summed E-state index contributed by atoms with van der Waals surface area (Å²) in [7, 11) is 0. The molecular formula is C17H14N4O. The van der Waals surface area contributed by atoms with Crippen LogP contribution in [-0.2, 0) is 0 Å². The first-order valence-electron chi connectivity index (χ1n) is 6.82. The summed E-state index contributed by atoms with van der Waals surface area (Å²) in [6, 6.07) is 11.2. The van der Waals surface area contributed by atoms with E-state index < -0.39 is 0 Å². The Kier molecular flexibility index (Phi) is 3.87. The summed E-state index contributed by atoms with van der Waals surface area (Å²) >= 11 is 0. The fourth-order valence-electron chi connectivity index (χ4n) is 2.10. The average molecular weight is 290 g/mol. The minimum atomic E-state index is 0.440. The van der Waals surface area contributed by atoms with Crippen LogP contribution < -0.4 is 5.32 Å². The second kappa shape index (κ2) is 6.13. The molecule has 0 saturated carbocycles. The van der Waals surface area contributed by atoms with Gasteiger partial charge in [-0.2, -0.15) is 0 Å². The normalized spacial score (nSPS) is 10.2. The predicted octanol–water partition coefficient (Wildman–Crippen LogP) is 3.40. The summed E-state index contributed by atoms with van der Waals surface area (Å²) in [4.78, 5) is 23.9. The number of hydrogen-bond donors (Lipinski definition) is 1. The molecule has 5 nitrogen and oxygen atoms in total. The van der Waals surface area contributed by atoms with E-state index in [1.54, 1.807) is 24.7 Å². The lowest BCUT2D eigenvalue weighted by Gasteiger charge is -2.09. The minimum absolute atomic E-state index is 0.440. The van der Waals surface area contributed by atoms with Gasteiger partial charge < -0.3 is 5.32 Å². The maximum Gasteiger partial charge on any atom is 0.227 e. The molecule has 0 atom stereocenters. The summed E-state index contributed by atoms with van der Waals surface area (Å²) in [5.74, 6) is 0.440. The van der Waals surface area contributed by atoms with Crippen LogP contribution in [0.3, 0.4) is 0 Å². The number of benzene rings is 1. The second-order valence-electron chi connectivity index (χ2n) is 4.84. The van der Waals surface area contributed by atoms with Gasteiger partial charge in [0, 0.05) is 29.7 Å². The van der Waals surface area contributed by atoms with E-state index in [4.69, 9.17) is 0 Å². The molecule has 0 fully saturated rings. The summed E-state index contributed by atoms with van der Waals surface area (Å²) in [5, 5.41) is 3.10. The number of aldehydes is 1. The molecule has 2 heterocycles. The monoisotopic (exact) mass is 290 g/mol. The Morgan fingerprint density at radius 3 is 2.82 bits per heavy atom. The third-order valence-corrected chi connectivity index (χ3v) is 3.20. The highest BCUT2D eigenvalue weighted by Crippen LogP contribution is 2.21. The topological polar surface area (TPSA) is 67.8 Å². The zero-order chi connectivity index (χ0) is 15.4. The first-order chi connectivity index (χ1) is 10.8. The van der Waals surface area contributed by atoms with Crippen LogP contribution >= 0.6 is 0 Å². The lowest BCUT2D eigenvalue weighted by atomic mass is 10.1. The van der Waals surface area contributed by atoms with Crippen molar-refractivity contribution in [3.05, 3.63) is 66.1 Å². The number of carbonyl (C=O) groups is 1. The molecule has 3 aromatic rings. The molecule has 5 heteroatoms. The minimum Gasteiger partial charge on any atom is -0.323 e. The van der Waals surface area contributed by atoms with Gasteiger partial charge in [0.2, 0.25) is 5.95 Å². The number of nitrogens with one attached hydrogen (secondary N) is 1. The third-order valence-electron chi connectivity index (χ3n) is 3.20. The molecule has 0 aliphatic heterocycles. The van der Waals surface area contributed by atoms with E-state index in [0.717, 1.165) is 23.1 Å². The number of anilines is 2. The van der Waals surface area contributed by atoms with Gasteiger partial charge in [0.25, 0.3) is 0 Å². The summed E-state index contributed by atoms with van der Waals surface area (Å²) in [6.07, 6.45) is 5.95. The SMILES string of the molecule is Cc1ccc(C=O)c(Nc2nccc(-c3cccnc3)n2)c1. The van der Waals surface area contributed by atoms with Gasteiger partial charge in [-0.25, -0.2) is 9.97 Å². The first-order valence-corrected chi connectivity index (χ1v) is 6.82. The predicted molar refractivity (Wildman–Crippen MR) is 85.1 cm³/mol. The van der Waals surface area contributed by atoms with Crippen LogP contribution in [0.1, 0.15) is 15.9 Å². The zero-order valence-electron chi connectivity index (χ0n) is 12.0. The molecule has 0 aliphatic rings. The Hall–Kier alpha value is -3.08. The van der Waals surface area contributed by atoms with Crippen LogP contribution in [0.25, 0.3) is 11.3 Å². The molecule has 2 aromatic heterocycles. The number of nitrogens with zero attached hydrogens (tertiary/aromatic N) is 3. The van der Waals surface area contributed by atoms with Crippen LogP contribution in [0.15, 0.2) is 55.0 Å². The van der Waals surface area contributed by atoms with E-state index in [1.807, 2.05) is 37.3 Å². The quantitative estimate of drug-likeness (QED) is 0.746. The van der Waals surface area contributed by atoms with Crippen LogP contribution in [-0.4, -0.2) is 21.2 Å². The number of aromatic nitrogens is 3. The van der Waals surface area contributed by atoms with E-state index in [2.05, 4.69) is 20.3 Å². The highest BCUT2D eigenvalue weighted by Gasteiger charge is 2.06. The molecule has 0 bridgehead atoms. The van der Waals surface area contributed by atoms with Gasteiger partial charge in [-0.1, -0.05) is 6.07 Å². The molecule has 1 aromatic carbocycles. The van der Waals surface area contributed by atoms with Gasteiger partial charge in [0.1, 0.15) is 0 Å². The molecule has 22 heavy (non-hydrogen) atoms. The van der Waals surface area contributed by atoms with Gasteiger partial charge in [0.15, 0.2) is 6.29 Å². The molecule has 108 valence electrons. The van der Waals surface area contributed by atoms with Gasteiger partial charge >= 0.3 is 0 Å². The molecule has 0 saturated heterocycles. The highest BCUT2D eigenvalue weighted by molar-refractivity contribution is 5.85. The number of hydrogen-bond acceptors (Lipinski definition) is 5. The third kappa shape index (κ3) is 2.98. The average Bonchev–Trinajstić information content (AvgIpc) is 2.56. The Morgan fingerprint density at radius 1 is 1.14 bits per heavy atom. The van der Waals surface area contributed by atoms with Gasteiger partial charge in [-0.05, 0) is 42.8 Å². The number of pyridine rings is 1. The summed E-state index contributed by atoms with van der Waals surface area (Å²) in [6.45, 7) is 1.96. The van der Waals surface area contributed by atoms with Gasteiger partial charge in [0.05, 0.1) is 11.4 Å². The van der Waals surface area contributed by atoms with Crippen molar-refractivity contribution in [3.63, 3.8) is 0 Å². The Bertz CT molecular complexity index is 803. The molecule has 3 rings (SSSR count). The van der Waals surface area contributed by atoms with E-state index in [-0.39, 0.29) is 0 Å². The molecule has 0 aliphatic carbocycles. The van der Waals surface area contributed by atoms with E-state index in [1.165, 1.54) is 0 Å². The van der Waals surface area contributed by atoms with Crippen LogP contribution in [0.4, 0.5) is 11.6 Å². The van der Waals surface area contributed by atoms with Gasteiger partial charge in [-0.3, -0.25) is 9.78 Å². The van der Waals surface area contributed by atoms with Crippen molar-refractivity contribution < 1.29 is 4.79 Å². The van der Waals surface area contributed by atoms with E-state index in [0.29, 0.717) is 17.2 Å². The fourth-order valence-corrected chi connectivity index (χ4v) is 2.10. The van der Waals surface area contributed by atoms with Crippen molar-refractivity contribution in [1.29, 1.82) is 0 Å². The lowest BCUT2D eigenvalue weighted by molar-refractivity contribution is 0.112. The molecule has 0 amide bonds. The van der Waals surface area contributed by atoms with Crippen LogP contribution in [0, 0.1) is 6.92 Å². The summed E-state index contributed by atoms with van der Waals surface area (Å²) in [5.41, 5.74) is 3.99. The maximum absolute atomic E-state index is 11.1.